The fourth-order valence-electron chi connectivity index (χ4n) is 2.38. The number of nitriles is 2. The van der Waals surface area contributed by atoms with Gasteiger partial charge in [0.05, 0.1) is 12.1 Å². The highest BCUT2D eigenvalue weighted by atomic mass is 35.5. The number of hydrogen-bond acceptors (Lipinski definition) is 12. The number of anilines is 4. The summed E-state index contributed by atoms with van der Waals surface area (Å²) in [7, 11) is 0. The summed E-state index contributed by atoms with van der Waals surface area (Å²) in [6.07, 6.45) is 4.48. The first-order valence-electron chi connectivity index (χ1n) is 10.7. The predicted octanol–water partition coefficient (Wildman–Crippen LogP) is 3.63. The smallest absolute Gasteiger partial charge is 0.230 e. The molecule has 4 rings (SSSR count). The maximum absolute atomic E-state index is 8.92. The monoisotopic (exact) mass is 504 g/mol. The quantitative estimate of drug-likeness (QED) is 0.411. The van der Waals surface area contributed by atoms with Crippen molar-refractivity contribution in [3.63, 3.8) is 0 Å². The number of halogens is 2. The highest BCUT2D eigenvalue weighted by Gasteiger charge is 2.24. The van der Waals surface area contributed by atoms with Gasteiger partial charge in [-0.3, -0.25) is 0 Å². The van der Waals surface area contributed by atoms with Crippen LogP contribution in [-0.4, -0.2) is 53.1 Å². The predicted molar refractivity (Wildman–Crippen MR) is 130 cm³/mol. The summed E-state index contributed by atoms with van der Waals surface area (Å²) in [5.74, 6) is 1.51. The number of aromatic nitrogens is 6. The van der Waals surface area contributed by atoms with Crippen molar-refractivity contribution in [3.05, 3.63) is 10.6 Å². The largest absolute Gasteiger partial charge is 0.351 e. The molecule has 0 aromatic carbocycles. The molecule has 0 saturated heterocycles. The topological polar surface area (TPSA) is 173 Å². The Morgan fingerprint density at radius 1 is 0.647 bits per heavy atom. The highest BCUT2D eigenvalue weighted by Crippen LogP contribution is 2.25. The third-order valence-corrected chi connectivity index (χ3v) is 4.78. The van der Waals surface area contributed by atoms with Gasteiger partial charge in [-0.1, -0.05) is 0 Å². The zero-order valence-electron chi connectivity index (χ0n) is 19.3. The summed E-state index contributed by atoms with van der Waals surface area (Å²) in [5, 5.41) is 30.1. The van der Waals surface area contributed by atoms with E-state index in [4.69, 9.17) is 33.7 Å². The van der Waals surface area contributed by atoms with E-state index >= 15 is 0 Å². The van der Waals surface area contributed by atoms with Gasteiger partial charge < -0.3 is 21.3 Å². The molecule has 0 atom stereocenters. The van der Waals surface area contributed by atoms with E-state index in [1.807, 2.05) is 0 Å². The molecule has 180 valence electrons. The van der Waals surface area contributed by atoms with Crippen LogP contribution in [0.2, 0.25) is 10.6 Å². The second kappa shape index (κ2) is 10.4. The second-order valence-electron chi connectivity index (χ2n) is 9.06. The van der Waals surface area contributed by atoms with Gasteiger partial charge in [0.25, 0.3) is 0 Å². The molecule has 14 heteroatoms. The summed E-state index contributed by atoms with van der Waals surface area (Å²) in [6.45, 7) is 6.94. The van der Waals surface area contributed by atoms with Crippen LogP contribution < -0.4 is 21.3 Å². The third kappa shape index (κ3) is 8.61. The molecule has 2 aromatic heterocycles. The Bertz CT molecular complexity index is 1010. The van der Waals surface area contributed by atoms with Gasteiger partial charge >= 0.3 is 0 Å². The van der Waals surface area contributed by atoms with Gasteiger partial charge in [-0.15, -0.1) is 0 Å². The Labute approximate surface area is 208 Å². The molecular formula is C20H26Cl2N12. The Morgan fingerprint density at radius 3 is 1.26 bits per heavy atom. The van der Waals surface area contributed by atoms with Gasteiger partial charge in [0, 0.05) is 12.1 Å². The lowest BCUT2D eigenvalue weighted by molar-refractivity contribution is 0.715. The average Bonchev–Trinajstić information content (AvgIpc) is 3.64. The van der Waals surface area contributed by atoms with Crippen LogP contribution in [-0.2, 0) is 0 Å². The first kappa shape index (κ1) is 25.4. The van der Waals surface area contributed by atoms with Crippen molar-refractivity contribution < 1.29 is 0 Å². The molecule has 4 N–H and O–H groups in total. The number of nitrogens with one attached hydrogen (secondary N) is 4. The van der Waals surface area contributed by atoms with Crippen LogP contribution >= 0.6 is 23.2 Å². The standard InChI is InChI=1S/2C10H13ClN6/c2*1-10(2,5-12)17-9-15-7(11)14-8(16-9)13-6-3-4-6/h2*6H,3-4H2,1-2H3,(H2,13,14,15,16,17). The van der Waals surface area contributed by atoms with Gasteiger partial charge in [-0.25, -0.2) is 0 Å². The molecule has 2 heterocycles. The van der Waals surface area contributed by atoms with E-state index in [9.17, 15) is 0 Å². The summed E-state index contributed by atoms with van der Waals surface area (Å²) < 4.78 is 0. The lowest BCUT2D eigenvalue weighted by atomic mass is 10.1. The van der Waals surface area contributed by atoms with Gasteiger partial charge in [0.15, 0.2) is 0 Å². The SMILES string of the molecule is CC(C)(C#N)Nc1nc(Cl)nc(NC2CC2)n1.CC(C)(C#N)Nc1nc(Cl)nc(NC2CC2)n1. The molecule has 12 nitrogen and oxygen atoms in total. The van der Waals surface area contributed by atoms with Crippen LogP contribution in [0.5, 0.6) is 0 Å². The first-order chi connectivity index (χ1) is 16.0. The molecule has 2 fully saturated rings. The van der Waals surface area contributed by atoms with E-state index in [1.54, 1.807) is 27.7 Å². The van der Waals surface area contributed by atoms with E-state index in [1.165, 1.54) is 0 Å². The van der Waals surface area contributed by atoms with E-state index < -0.39 is 11.1 Å². The first-order valence-corrected chi connectivity index (χ1v) is 11.5. The van der Waals surface area contributed by atoms with Gasteiger partial charge in [-0.2, -0.15) is 40.4 Å². The van der Waals surface area contributed by atoms with Crippen LogP contribution in [0.3, 0.4) is 0 Å². The minimum atomic E-state index is -0.748. The Morgan fingerprint density at radius 2 is 0.971 bits per heavy atom. The van der Waals surface area contributed by atoms with Crippen molar-refractivity contribution in [3.8, 4) is 12.1 Å². The van der Waals surface area contributed by atoms with Crippen LogP contribution in [0.25, 0.3) is 0 Å². The molecule has 0 aliphatic heterocycles. The Kier molecular flexibility index (Phi) is 7.75. The minimum Gasteiger partial charge on any atom is -0.351 e. The number of hydrogen-bond donors (Lipinski definition) is 4. The van der Waals surface area contributed by atoms with Crippen LogP contribution in [0, 0.1) is 22.7 Å². The van der Waals surface area contributed by atoms with Crippen molar-refractivity contribution in [1.82, 2.24) is 29.9 Å². The molecular weight excluding hydrogens is 479 g/mol. The summed E-state index contributed by atoms with van der Waals surface area (Å²) >= 11 is 11.6. The normalized spacial score (nSPS) is 15.2. The number of nitrogens with zero attached hydrogens (tertiary/aromatic N) is 8. The lowest BCUT2D eigenvalue weighted by Gasteiger charge is -2.17. The fourth-order valence-corrected chi connectivity index (χ4v) is 2.70. The second-order valence-corrected chi connectivity index (χ2v) is 9.74. The maximum Gasteiger partial charge on any atom is 0.230 e. The summed E-state index contributed by atoms with van der Waals surface area (Å²) in [5.41, 5.74) is -1.50. The molecule has 0 spiro atoms. The van der Waals surface area contributed by atoms with Gasteiger partial charge in [-0.05, 0) is 76.6 Å². The molecule has 2 aromatic rings. The van der Waals surface area contributed by atoms with Crippen molar-refractivity contribution in [1.29, 1.82) is 10.5 Å². The van der Waals surface area contributed by atoms with Crippen LogP contribution in [0.4, 0.5) is 23.8 Å². The van der Waals surface area contributed by atoms with Crippen molar-refractivity contribution >= 4 is 47.0 Å². The molecule has 0 unspecified atom stereocenters. The van der Waals surface area contributed by atoms with E-state index in [0.29, 0.717) is 35.9 Å². The van der Waals surface area contributed by atoms with Crippen LogP contribution in [0.1, 0.15) is 53.4 Å². The Balaban J connectivity index is 0.000000191. The van der Waals surface area contributed by atoms with Gasteiger partial charge in [0.2, 0.25) is 34.4 Å². The van der Waals surface area contributed by atoms with E-state index in [-0.39, 0.29) is 10.6 Å². The zero-order chi connectivity index (χ0) is 24.9. The summed E-state index contributed by atoms with van der Waals surface area (Å²) in [4.78, 5) is 24.2. The minimum absolute atomic E-state index is 0.111. The molecule has 0 amide bonds. The van der Waals surface area contributed by atoms with Crippen LogP contribution in [0.15, 0.2) is 0 Å². The Hall–Kier alpha value is -3.22. The molecule has 0 radical (unpaired) electrons. The lowest BCUT2D eigenvalue weighted by Crippen LogP contribution is -2.30. The molecule has 34 heavy (non-hydrogen) atoms. The molecule has 0 bridgehead atoms. The number of rotatable bonds is 8. The average molecular weight is 505 g/mol. The third-order valence-electron chi connectivity index (χ3n) is 4.45. The highest BCUT2D eigenvalue weighted by molar-refractivity contribution is 6.28. The van der Waals surface area contributed by atoms with Crippen molar-refractivity contribution in [2.75, 3.05) is 21.3 Å². The van der Waals surface area contributed by atoms with Crippen molar-refractivity contribution in [2.45, 2.75) is 76.5 Å². The zero-order valence-corrected chi connectivity index (χ0v) is 20.8. The molecule has 2 saturated carbocycles. The van der Waals surface area contributed by atoms with E-state index in [0.717, 1.165) is 25.7 Å². The maximum atomic E-state index is 8.92. The fraction of sp³-hybridized carbons (Fsp3) is 0.600. The van der Waals surface area contributed by atoms with E-state index in [2.05, 4.69) is 63.3 Å². The molecule has 2 aliphatic rings. The van der Waals surface area contributed by atoms with Gasteiger partial charge in [0.1, 0.15) is 11.1 Å². The van der Waals surface area contributed by atoms with Crippen molar-refractivity contribution in [2.24, 2.45) is 0 Å². The molecule has 2 aliphatic carbocycles. The summed E-state index contributed by atoms with van der Waals surface area (Å²) in [6, 6.07) is 5.08.